The fraction of sp³-hybridized carbons (Fsp3) is 0.333. The van der Waals surface area contributed by atoms with E-state index < -0.39 is 0 Å². The van der Waals surface area contributed by atoms with Crippen LogP contribution in [0.3, 0.4) is 0 Å². The molecule has 8 heteroatoms. The average molecular weight is 331 g/mol. The van der Waals surface area contributed by atoms with Crippen molar-refractivity contribution in [2.45, 2.75) is 27.2 Å². The Hall–Kier alpha value is -2.48. The largest absolute Gasteiger partial charge is 0.361 e. The zero-order valence-corrected chi connectivity index (χ0v) is 14.0. The summed E-state index contributed by atoms with van der Waals surface area (Å²) < 4.78 is 6.72. The van der Waals surface area contributed by atoms with E-state index in [4.69, 9.17) is 4.52 Å². The van der Waals surface area contributed by atoms with Gasteiger partial charge in [-0.15, -0.1) is 11.3 Å². The molecule has 0 aliphatic carbocycles. The van der Waals surface area contributed by atoms with Crippen LogP contribution in [0.1, 0.15) is 33.3 Å². The van der Waals surface area contributed by atoms with Gasteiger partial charge < -0.3 is 9.84 Å². The number of hydrogen-bond acceptors (Lipinski definition) is 6. The summed E-state index contributed by atoms with van der Waals surface area (Å²) in [5, 5.41) is 13.7. The maximum atomic E-state index is 11.9. The van der Waals surface area contributed by atoms with Crippen LogP contribution in [-0.4, -0.2) is 32.4 Å². The van der Waals surface area contributed by atoms with Crippen molar-refractivity contribution in [2.75, 3.05) is 6.54 Å². The van der Waals surface area contributed by atoms with Crippen molar-refractivity contribution in [3.05, 3.63) is 46.0 Å². The first kappa shape index (κ1) is 15.4. The number of hydrogen-bond donors (Lipinski definition) is 1. The minimum absolute atomic E-state index is 0.240. The molecule has 1 N–H and O–H groups in total. The van der Waals surface area contributed by atoms with Crippen molar-refractivity contribution in [3.8, 4) is 5.13 Å². The molecule has 0 aliphatic heterocycles. The Morgan fingerprint density at radius 3 is 2.83 bits per heavy atom. The molecule has 1 amide bonds. The van der Waals surface area contributed by atoms with Gasteiger partial charge in [0, 0.05) is 30.1 Å². The first-order valence-corrected chi connectivity index (χ1v) is 8.10. The van der Waals surface area contributed by atoms with Crippen LogP contribution in [0.25, 0.3) is 5.13 Å². The van der Waals surface area contributed by atoms with E-state index >= 15 is 0 Å². The summed E-state index contributed by atoms with van der Waals surface area (Å²) in [5.41, 5.74) is 3.24. The van der Waals surface area contributed by atoms with Crippen molar-refractivity contribution in [2.24, 2.45) is 0 Å². The maximum absolute atomic E-state index is 11.9. The molecule has 0 spiro atoms. The van der Waals surface area contributed by atoms with E-state index in [1.165, 1.54) is 11.3 Å². The molecule has 0 radical (unpaired) electrons. The lowest BCUT2D eigenvalue weighted by Gasteiger charge is -2.01. The van der Waals surface area contributed by atoms with Crippen molar-refractivity contribution in [3.63, 3.8) is 0 Å². The summed E-state index contributed by atoms with van der Waals surface area (Å²) in [6.07, 6.45) is 0.651. The molecule has 0 atom stereocenters. The number of nitrogens with one attached hydrogen (secondary N) is 1. The van der Waals surface area contributed by atoms with Crippen LogP contribution < -0.4 is 5.32 Å². The molecule has 3 aromatic heterocycles. The van der Waals surface area contributed by atoms with Crippen LogP contribution in [0.4, 0.5) is 0 Å². The molecule has 3 aromatic rings. The highest BCUT2D eigenvalue weighted by Crippen LogP contribution is 2.17. The summed E-state index contributed by atoms with van der Waals surface area (Å²) >= 11 is 1.54. The SMILES string of the molecule is Cc1cc(C)n(-c2nc(CCNC(=O)c3cc(C)on3)cs2)n1. The number of amides is 1. The average Bonchev–Trinajstić information content (AvgIpc) is 3.19. The van der Waals surface area contributed by atoms with Gasteiger partial charge in [-0.1, -0.05) is 5.16 Å². The molecular formula is C15H17N5O2S. The lowest BCUT2D eigenvalue weighted by atomic mass is 10.3. The summed E-state index contributed by atoms with van der Waals surface area (Å²) in [4.78, 5) is 16.4. The van der Waals surface area contributed by atoms with Crippen molar-refractivity contribution < 1.29 is 9.32 Å². The van der Waals surface area contributed by atoms with Crippen LogP contribution in [0.2, 0.25) is 0 Å². The van der Waals surface area contributed by atoms with Crippen LogP contribution in [0.5, 0.6) is 0 Å². The molecule has 3 rings (SSSR count). The molecule has 0 fully saturated rings. The summed E-state index contributed by atoms with van der Waals surface area (Å²) in [7, 11) is 0. The number of aryl methyl sites for hydroxylation is 3. The number of thiazole rings is 1. The second-order valence-corrected chi connectivity index (χ2v) is 6.13. The van der Waals surface area contributed by atoms with Crippen LogP contribution in [0.15, 0.2) is 22.0 Å². The number of aromatic nitrogens is 4. The Morgan fingerprint density at radius 2 is 2.17 bits per heavy atom. The van der Waals surface area contributed by atoms with E-state index in [9.17, 15) is 4.79 Å². The Kier molecular flexibility index (Phi) is 4.24. The zero-order valence-electron chi connectivity index (χ0n) is 13.2. The van der Waals surface area contributed by atoms with Gasteiger partial charge in [0.05, 0.1) is 11.4 Å². The molecular weight excluding hydrogens is 314 g/mol. The van der Waals surface area contributed by atoms with E-state index in [-0.39, 0.29) is 5.91 Å². The highest BCUT2D eigenvalue weighted by Gasteiger charge is 2.11. The minimum Gasteiger partial charge on any atom is -0.361 e. The number of nitrogens with zero attached hydrogens (tertiary/aromatic N) is 4. The van der Waals surface area contributed by atoms with Gasteiger partial charge in [-0.05, 0) is 26.8 Å². The Morgan fingerprint density at radius 1 is 1.35 bits per heavy atom. The fourth-order valence-corrected chi connectivity index (χ4v) is 3.07. The Bertz CT molecular complexity index is 833. The first-order valence-electron chi connectivity index (χ1n) is 7.22. The minimum atomic E-state index is -0.240. The molecule has 23 heavy (non-hydrogen) atoms. The topological polar surface area (TPSA) is 85.8 Å². The molecule has 0 saturated heterocycles. The van der Waals surface area contributed by atoms with E-state index in [2.05, 4.69) is 20.6 Å². The smallest absolute Gasteiger partial charge is 0.273 e. The molecule has 0 unspecified atom stereocenters. The van der Waals surface area contributed by atoms with Gasteiger partial charge in [0.1, 0.15) is 5.76 Å². The first-order chi connectivity index (χ1) is 11.0. The molecule has 0 aliphatic rings. The van der Waals surface area contributed by atoms with Gasteiger partial charge in [0.25, 0.3) is 5.91 Å². The number of carbonyl (C=O) groups is 1. The molecule has 3 heterocycles. The third kappa shape index (κ3) is 3.48. The van der Waals surface area contributed by atoms with Crippen molar-refractivity contribution in [1.29, 1.82) is 0 Å². The fourth-order valence-electron chi connectivity index (χ4n) is 2.20. The predicted molar refractivity (Wildman–Crippen MR) is 86.0 cm³/mol. The van der Waals surface area contributed by atoms with E-state index in [1.54, 1.807) is 13.0 Å². The van der Waals surface area contributed by atoms with Gasteiger partial charge in [0.15, 0.2) is 5.69 Å². The van der Waals surface area contributed by atoms with Gasteiger partial charge in [-0.2, -0.15) is 5.10 Å². The van der Waals surface area contributed by atoms with Gasteiger partial charge in [-0.25, -0.2) is 9.67 Å². The highest BCUT2D eigenvalue weighted by atomic mass is 32.1. The standard InChI is InChI=1S/C15H17N5O2S/c1-9-6-10(2)20(18-9)15-17-12(8-23-15)4-5-16-14(21)13-7-11(3)22-19-13/h6-8H,4-5H2,1-3H3,(H,16,21). The monoisotopic (exact) mass is 331 g/mol. The summed E-state index contributed by atoms with van der Waals surface area (Å²) in [6.45, 7) is 6.20. The second kappa shape index (κ2) is 6.33. The highest BCUT2D eigenvalue weighted by molar-refractivity contribution is 7.12. The Balaban J connectivity index is 1.57. The van der Waals surface area contributed by atoms with Crippen LogP contribution >= 0.6 is 11.3 Å². The predicted octanol–water partition coefficient (Wildman–Crippen LogP) is 2.21. The van der Waals surface area contributed by atoms with Crippen LogP contribution in [0, 0.1) is 20.8 Å². The van der Waals surface area contributed by atoms with Gasteiger partial charge in [-0.3, -0.25) is 4.79 Å². The zero-order chi connectivity index (χ0) is 16.4. The second-order valence-electron chi connectivity index (χ2n) is 5.29. The molecule has 0 bridgehead atoms. The normalized spacial score (nSPS) is 10.9. The lowest BCUT2D eigenvalue weighted by Crippen LogP contribution is -2.26. The number of carbonyl (C=O) groups excluding carboxylic acids is 1. The lowest BCUT2D eigenvalue weighted by molar-refractivity contribution is 0.0945. The summed E-state index contributed by atoms with van der Waals surface area (Å²) in [6, 6.07) is 3.63. The molecule has 0 saturated carbocycles. The number of rotatable bonds is 5. The van der Waals surface area contributed by atoms with Crippen molar-refractivity contribution >= 4 is 17.2 Å². The maximum Gasteiger partial charge on any atom is 0.273 e. The van der Waals surface area contributed by atoms with Crippen LogP contribution in [-0.2, 0) is 6.42 Å². The molecule has 7 nitrogen and oxygen atoms in total. The molecule has 0 aromatic carbocycles. The summed E-state index contributed by atoms with van der Waals surface area (Å²) in [5.74, 6) is 0.375. The van der Waals surface area contributed by atoms with E-state index in [0.717, 1.165) is 22.2 Å². The third-order valence-electron chi connectivity index (χ3n) is 3.26. The Labute approximate surface area is 137 Å². The quantitative estimate of drug-likeness (QED) is 0.775. The third-order valence-corrected chi connectivity index (χ3v) is 4.12. The molecule has 120 valence electrons. The van der Waals surface area contributed by atoms with Crippen molar-refractivity contribution in [1.82, 2.24) is 25.2 Å². The van der Waals surface area contributed by atoms with E-state index in [0.29, 0.717) is 24.4 Å². The van der Waals surface area contributed by atoms with E-state index in [1.807, 2.05) is 30.0 Å². The van der Waals surface area contributed by atoms with Gasteiger partial charge >= 0.3 is 0 Å². The van der Waals surface area contributed by atoms with Gasteiger partial charge in [0.2, 0.25) is 5.13 Å².